The van der Waals surface area contributed by atoms with Crippen molar-refractivity contribution in [1.29, 1.82) is 0 Å². The fraction of sp³-hybridized carbons (Fsp3) is 0.917. The highest BCUT2D eigenvalue weighted by Gasteiger charge is 2.43. The van der Waals surface area contributed by atoms with Gasteiger partial charge >= 0.3 is 5.97 Å². The Kier molecular flexibility index (Phi) is 3.96. The van der Waals surface area contributed by atoms with Crippen LogP contribution < -0.4 is 0 Å². The highest BCUT2D eigenvalue weighted by molar-refractivity contribution is 7.89. The van der Waals surface area contributed by atoms with E-state index in [4.69, 9.17) is 0 Å². The highest BCUT2D eigenvalue weighted by atomic mass is 32.2. The average molecular weight is 275 g/mol. The van der Waals surface area contributed by atoms with E-state index < -0.39 is 22.0 Å². The van der Waals surface area contributed by atoms with Crippen molar-refractivity contribution in [3.63, 3.8) is 0 Å². The summed E-state index contributed by atoms with van der Waals surface area (Å²) in [4.78, 5) is 11.3. The quantitative estimate of drug-likeness (QED) is 0.845. The van der Waals surface area contributed by atoms with Crippen molar-refractivity contribution in [3.8, 4) is 0 Å². The molecule has 0 aromatic rings. The lowest BCUT2D eigenvalue weighted by molar-refractivity contribution is -0.143. The van der Waals surface area contributed by atoms with Crippen LogP contribution in [0, 0.1) is 5.92 Å². The molecule has 0 amide bonds. The smallest absolute Gasteiger partial charge is 0.322 e. The molecule has 2 aliphatic rings. The van der Waals surface area contributed by atoms with Crippen LogP contribution in [0.1, 0.15) is 45.4 Å². The molecule has 2 fully saturated rings. The van der Waals surface area contributed by atoms with E-state index in [1.807, 2.05) is 6.92 Å². The molecule has 6 heteroatoms. The van der Waals surface area contributed by atoms with Crippen LogP contribution in [-0.2, 0) is 14.8 Å². The second-order valence-electron chi connectivity index (χ2n) is 5.55. The monoisotopic (exact) mass is 275 g/mol. The number of carboxylic acids is 1. The summed E-state index contributed by atoms with van der Waals surface area (Å²) in [5.74, 6) is -0.732. The number of sulfonamides is 1. The van der Waals surface area contributed by atoms with Gasteiger partial charge in [0.1, 0.15) is 6.04 Å². The minimum atomic E-state index is -3.43. The Morgan fingerprint density at radius 3 is 2.39 bits per heavy atom. The van der Waals surface area contributed by atoms with Crippen LogP contribution in [0.3, 0.4) is 0 Å². The first kappa shape index (κ1) is 13.8. The standard InChI is InChI=1S/C12H21NO4S/c1-9-6-7-13(11(8-9)12(14)15)18(16,17)10-4-2-3-5-10/h9-11H,2-8H2,1H3,(H,14,15). The summed E-state index contributed by atoms with van der Waals surface area (Å²) < 4.78 is 26.2. The number of rotatable bonds is 3. The van der Waals surface area contributed by atoms with Gasteiger partial charge in [-0.3, -0.25) is 4.79 Å². The third kappa shape index (κ3) is 2.54. The van der Waals surface area contributed by atoms with Crippen molar-refractivity contribution >= 4 is 16.0 Å². The molecule has 104 valence electrons. The van der Waals surface area contributed by atoms with Crippen LogP contribution in [0.2, 0.25) is 0 Å². The van der Waals surface area contributed by atoms with Crippen LogP contribution in [0.5, 0.6) is 0 Å². The van der Waals surface area contributed by atoms with Crippen LogP contribution in [-0.4, -0.2) is 41.6 Å². The fourth-order valence-corrected chi connectivity index (χ4v) is 5.23. The summed E-state index contributed by atoms with van der Waals surface area (Å²) in [6.45, 7) is 2.34. The Bertz CT molecular complexity index is 414. The molecule has 0 bridgehead atoms. The Morgan fingerprint density at radius 2 is 1.83 bits per heavy atom. The highest BCUT2D eigenvalue weighted by Crippen LogP contribution is 2.32. The Balaban J connectivity index is 2.21. The number of hydrogen-bond acceptors (Lipinski definition) is 3. The maximum absolute atomic E-state index is 12.5. The first-order valence-electron chi connectivity index (χ1n) is 6.66. The van der Waals surface area contributed by atoms with Gasteiger partial charge in [0.05, 0.1) is 5.25 Å². The van der Waals surface area contributed by atoms with Gasteiger partial charge in [-0.15, -0.1) is 0 Å². The maximum atomic E-state index is 12.5. The summed E-state index contributed by atoms with van der Waals surface area (Å²) in [5, 5.41) is 8.87. The van der Waals surface area contributed by atoms with Gasteiger partial charge < -0.3 is 5.11 Å². The van der Waals surface area contributed by atoms with Gasteiger partial charge in [-0.05, 0) is 31.6 Å². The van der Waals surface area contributed by atoms with Gasteiger partial charge in [0.2, 0.25) is 10.0 Å². The Hall–Kier alpha value is -0.620. The molecule has 1 heterocycles. The second kappa shape index (κ2) is 5.17. The SMILES string of the molecule is CC1CCN(S(=O)(=O)C2CCCC2)C(C(=O)O)C1. The second-order valence-corrected chi connectivity index (χ2v) is 7.71. The van der Waals surface area contributed by atoms with Gasteiger partial charge in [-0.25, -0.2) is 8.42 Å². The van der Waals surface area contributed by atoms with Gasteiger partial charge in [-0.1, -0.05) is 19.8 Å². The van der Waals surface area contributed by atoms with E-state index >= 15 is 0 Å². The van der Waals surface area contributed by atoms with Crippen LogP contribution in [0.15, 0.2) is 0 Å². The van der Waals surface area contributed by atoms with Gasteiger partial charge in [0, 0.05) is 6.54 Å². The molecular formula is C12H21NO4S. The zero-order valence-corrected chi connectivity index (χ0v) is 11.5. The maximum Gasteiger partial charge on any atom is 0.322 e. The summed E-state index contributed by atoms with van der Waals surface area (Å²) >= 11 is 0. The molecule has 1 N–H and O–H groups in total. The summed E-state index contributed by atoms with van der Waals surface area (Å²) in [6.07, 6.45) is 4.43. The molecule has 5 nitrogen and oxygen atoms in total. The van der Waals surface area contributed by atoms with E-state index in [2.05, 4.69) is 0 Å². The van der Waals surface area contributed by atoms with Crippen molar-refractivity contribution in [1.82, 2.24) is 4.31 Å². The first-order chi connectivity index (χ1) is 8.43. The van der Waals surface area contributed by atoms with Crippen molar-refractivity contribution < 1.29 is 18.3 Å². The van der Waals surface area contributed by atoms with Gasteiger partial charge in [0.15, 0.2) is 0 Å². The molecule has 0 radical (unpaired) electrons. The predicted octanol–water partition coefficient (Wildman–Crippen LogP) is 1.44. The molecule has 2 atom stereocenters. The molecule has 0 aromatic carbocycles. The molecule has 1 aliphatic heterocycles. The lowest BCUT2D eigenvalue weighted by Gasteiger charge is -2.36. The zero-order chi connectivity index (χ0) is 13.3. The van der Waals surface area contributed by atoms with Crippen LogP contribution >= 0.6 is 0 Å². The molecule has 0 aromatic heterocycles. The first-order valence-corrected chi connectivity index (χ1v) is 8.16. The molecule has 1 saturated heterocycles. The predicted molar refractivity (Wildman–Crippen MR) is 67.7 cm³/mol. The minimum Gasteiger partial charge on any atom is -0.480 e. The lowest BCUT2D eigenvalue weighted by atomic mass is 9.94. The van der Waals surface area contributed by atoms with Crippen LogP contribution in [0.4, 0.5) is 0 Å². The van der Waals surface area contributed by atoms with Crippen molar-refractivity contribution in [3.05, 3.63) is 0 Å². The van der Waals surface area contributed by atoms with Gasteiger partial charge in [0.25, 0.3) is 0 Å². The third-order valence-corrected chi connectivity index (χ3v) is 6.56. The third-order valence-electron chi connectivity index (χ3n) is 4.15. The molecule has 2 unspecified atom stereocenters. The lowest BCUT2D eigenvalue weighted by Crippen LogP contribution is -2.52. The Labute approximate surface area is 108 Å². The van der Waals surface area contributed by atoms with Crippen molar-refractivity contribution in [2.75, 3.05) is 6.54 Å². The number of carbonyl (C=O) groups is 1. The molecular weight excluding hydrogens is 254 g/mol. The van der Waals surface area contributed by atoms with E-state index in [0.717, 1.165) is 19.3 Å². The summed E-state index contributed by atoms with van der Waals surface area (Å²) in [5.41, 5.74) is 0. The molecule has 1 saturated carbocycles. The van der Waals surface area contributed by atoms with Crippen LogP contribution in [0.25, 0.3) is 0 Å². The zero-order valence-electron chi connectivity index (χ0n) is 10.7. The summed E-state index contributed by atoms with van der Waals surface area (Å²) in [6, 6.07) is -0.862. The van der Waals surface area contributed by atoms with E-state index in [-0.39, 0.29) is 11.2 Å². The molecule has 0 spiro atoms. The van der Waals surface area contributed by atoms with Crippen molar-refractivity contribution in [2.45, 2.75) is 56.7 Å². The number of aliphatic carboxylic acids is 1. The number of piperidine rings is 1. The Morgan fingerprint density at radius 1 is 1.22 bits per heavy atom. The normalized spacial score (nSPS) is 31.6. The van der Waals surface area contributed by atoms with E-state index in [1.54, 1.807) is 0 Å². The topological polar surface area (TPSA) is 74.7 Å². The summed E-state index contributed by atoms with van der Waals surface area (Å²) in [7, 11) is -3.43. The van der Waals surface area contributed by atoms with Gasteiger partial charge in [-0.2, -0.15) is 4.31 Å². The molecule has 2 rings (SSSR count). The largest absolute Gasteiger partial charge is 0.480 e. The number of nitrogens with zero attached hydrogens (tertiary/aromatic N) is 1. The fourth-order valence-electron chi connectivity index (χ4n) is 3.03. The molecule has 1 aliphatic carbocycles. The minimum absolute atomic E-state index is 0.279. The average Bonchev–Trinajstić information content (AvgIpc) is 2.82. The van der Waals surface area contributed by atoms with Crippen molar-refractivity contribution in [2.24, 2.45) is 5.92 Å². The number of hydrogen-bond donors (Lipinski definition) is 1. The van der Waals surface area contributed by atoms with E-state index in [1.165, 1.54) is 4.31 Å². The van der Waals surface area contributed by atoms with E-state index in [9.17, 15) is 18.3 Å². The number of carboxylic acid groups (broad SMARTS) is 1. The molecule has 18 heavy (non-hydrogen) atoms. The van der Waals surface area contributed by atoms with E-state index in [0.29, 0.717) is 25.8 Å².